The Kier molecular flexibility index (Phi) is 3.74. The minimum absolute atomic E-state index is 0.128. The maximum Gasteiger partial charge on any atom is 0.238 e. The number of aromatic hydroxyl groups is 1. The van der Waals surface area contributed by atoms with Crippen molar-refractivity contribution < 1.29 is 5.11 Å². The summed E-state index contributed by atoms with van der Waals surface area (Å²) in [7, 11) is 2.02. The molecule has 1 aromatic carbocycles. The third-order valence-electron chi connectivity index (χ3n) is 4.23. The molecular weight excluding hydrogens is 250 g/mol. The normalized spacial score (nSPS) is 22.9. The van der Waals surface area contributed by atoms with Crippen molar-refractivity contribution in [1.29, 1.82) is 0 Å². The molecule has 0 aliphatic heterocycles. The molecule has 0 radical (unpaired) electrons. The van der Waals surface area contributed by atoms with Crippen LogP contribution in [-0.2, 0) is 0 Å². The standard InChI is InChI=1S/C16H21N3O/c1-17-13-8-5-9-14(10-13)19-11-15(16(20)18-19)12-6-3-2-4-7-12/h2-4,6-7,11,13-14,17H,5,8-10H2,1H3,(H,18,20). The van der Waals surface area contributed by atoms with Crippen LogP contribution in [0.4, 0.5) is 0 Å². The molecular formula is C16H21N3O. The summed E-state index contributed by atoms with van der Waals surface area (Å²) in [6.07, 6.45) is 6.62. The summed E-state index contributed by atoms with van der Waals surface area (Å²) < 4.78 is 1.95. The molecule has 0 amide bonds. The molecule has 20 heavy (non-hydrogen) atoms. The third-order valence-corrected chi connectivity index (χ3v) is 4.23. The number of nitrogens with zero attached hydrogens (tertiary/aromatic N) is 2. The van der Waals surface area contributed by atoms with Gasteiger partial charge in [0.25, 0.3) is 0 Å². The predicted octanol–water partition coefficient (Wildman–Crippen LogP) is 2.96. The number of rotatable bonds is 3. The zero-order chi connectivity index (χ0) is 13.9. The molecule has 2 unspecified atom stereocenters. The van der Waals surface area contributed by atoms with Gasteiger partial charge in [-0.15, -0.1) is 5.10 Å². The Morgan fingerprint density at radius 1 is 1.25 bits per heavy atom. The van der Waals surface area contributed by atoms with Crippen LogP contribution in [-0.4, -0.2) is 28.0 Å². The predicted molar refractivity (Wildman–Crippen MR) is 79.7 cm³/mol. The Bertz CT molecular complexity index is 564. The number of hydrogen-bond acceptors (Lipinski definition) is 3. The van der Waals surface area contributed by atoms with Gasteiger partial charge in [0, 0.05) is 12.2 Å². The van der Waals surface area contributed by atoms with Gasteiger partial charge in [-0.2, -0.15) is 0 Å². The number of benzene rings is 1. The van der Waals surface area contributed by atoms with Crippen LogP contribution in [0.5, 0.6) is 5.88 Å². The lowest BCUT2D eigenvalue weighted by Crippen LogP contribution is -2.32. The second kappa shape index (κ2) is 5.67. The fourth-order valence-electron chi connectivity index (χ4n) is 3.06. The van der Waals surface area contributed by atoms with E-state index < -0.39 is 0 Å². The van der Waals surface area contributed by atoms with E-state index in [0.29, 0.717) is 12.1 Å². The SMILES string of the molecule is CNC1CCCC(n2cc(-c3ccccc3)c(O)n2)C1. The van der Waals surface area contributed by atoms with Crippen molar-refractivity contribution in [2.45, 2.75) is 37.8 Å². The summed E-state index contributed by atoms with van der Waals surface area (Å²) in [4.78, 5) is 0. The maximum atomic E-state index is 10.1. The Morgan fingerprint density at radius 3 is 2.80 bits per heavy atom. The van der Waals surface area contributed by atoms with Gasteiger partial charge in [0.05, 0.1) is 11.6 Å². The Balaban J connectivity index is 1.85. The molecule has 1 aliphatic carbocycles. The smallest absolute Gasteiger partial charge is 0.238 e. The minimum atomic E-state index is 0.128. The summed E-state index contributed by atoms with van der Waals surface area (Å²) in [6, 6.07) is 10.9. The fraction of sp³-hybridized carbons (Fsp3) is 0.438. The molecule has 2 atom stereocenters. The van der Waals surface area contributed by atoms with Crippen LogP contribution in [0.2, 0.25) is 0 Å². The Labute approximate surface area is 119 Å². The second-order valence-electron chi connectivity index (χ2n) is 5.52. The Morgan fingerprint density at radius 2 is 2.05 bits per heavy atom. The van der Waals surface area contributed by atoms with Crippen molar-refractivity contribution in [3.8, 4) is 17.0 Å². The molecule has 106 valence electrons. The highest BCUT2D eigenvalue weighted by atomic mass is 16.3. The van der Waals surface area contributed by atoms with E-state index >= 15 is 0 Å². The van der Waals surface area contributed by atoms with E-state index in [1.165, 1.54) is 12.8 Å². The van der Waals surface area contributed by atoms with Crippen LogP contribution >= 0.6 is 0 Å². The molecule has 1 aromatic heterocycles. The van der Waals surface area contributed by atoms with Crippen molar-refractivity contribution in [2.75, 3.05) is 7.05 Å². The lowest BCUT2D eigenvalue weighted by Gasteiger charge is -2.28. The quantitative estimate of drug-likeness (QED) is 0.902. The maximum absolute atomic E-state index is 10.1. The van der Waals surface area contributed by atoms with Crippen LogP contribution in [0.3, 0.4) is 0 Å². The van der Waals surface area contributed by atoms with Crippen LogP contribution in [0.15, 0.2) is 36.5 Å². The van der Waals surface area contributed by atoms with Crippen LogP contribution in [0.1, 0.15) is 31.7 Å². The van der Waals surface area contributed by atoms with Gasteiger partial charge in [-0.05, 0) is 38.3 Å². The van der Waals surface area contributed by atoms with Gasteiger partial charge in [0.15, 0.2) is 0 Å². The highest BCUT2D eigenvalue weighted by Crippen LogP contribution is 2.33. The van der Waals surface area contributed by atoms with Crippen LogP contribution in [0.25, 0.3) is 11.1 Å². The molecule has 2 aromatic rings. The summed E-state index contributed by atoms with van der Waals surface area (Å²) >= 11 is 0. The van der Waals surface area contributed by atoms with Gasteiger partial charge in [0.2, 0.25) is 5.88 Å². The first kappa shape index (κ1) is 13.2. The first-order valence-corrected chi connectivity index (χ1v) is 7.28. The molecule has 2 N–H and O–H groups in total. The molecule has 0 bridgehead atoms. The molecule has 1 aliphatic rings. The van der Waals surface area contributed by atoms with E-state index in [2.05, 4.69) is 10.4 Å². The van der Waals surface area contributed by atoms with E-state index in [9.17, 15) is 5.11 Å². The zero-order valence-electron chi connectivity index (χ0n) is 11.8. The van der Waals surface area contributed by atoms with Crippen molar-refractivity contribution in [3.63, 3.8) is 0 Å². The topological polar surface area (TPSA) is 50.1 Å². The highest BCUT2D eigenvalue weighted by molar-refractivity contribution is 5.67. The van der Waals surface area contributed by atoms with Gasteiger partial charge < -0.3 is 10.4 Å². The van der Waals surface area contributed by atoms with Gasteiger partial charge in [0.1, 0.15) is 0 Å². The summed E-state index contributed by atoms with van der Waals surface area (Å²) in [5.74, 6) is 0.128. The summed E-state index contributed by atoms with van der Waals surface area (Å²) in [5.41, 5.74) is 1.83. The summed E-state index contributed by atoms with van der Waals surface area (Å²) in [6.45, 7) is 0. The van der Waals surface area contributed by atoms with E-state index in [4.69, 9.17) is 0 Å². The molecule has 1 saturated carbocycles. The van der Waals surface area contributed by atoms with Crippen molar-refractivity contribution >= 4 is 0 Å². The highest BCUT2D eigenvalue weighted by Gasteiger charge is 2.24. The number of aromatic nitrogens is 2. The van der Waals surface area contributed by atoms with E-state index in [-0.39, 0.29) is 5.88 Å². The van der Waals surface area contributed by atoms with Gasteiger partial charge in [-0.3, -0.25) is 4.68 Å². The molecule has 1 heterocycles. The van der Waals surface area contributed by atoms with Crippen molar-refractivity contribution in [2.24, 2.45) is 0 Å². The molecule has 0 saturated heterocycles. The van der Waals surface area contributed by atoms with Gasteiger partial charge >= 0.3 is 0 Å². The number of nitrogens with one attached hydrogen (secondary N) is 1. The molecule has 4 heteroatoms. The van der Waals surface area contributed by atoms with E-state index in [0.717, 1.165) is 24.0 Å². The Hall–Kier alpha value is -1.81. The minimum Gasteiger partial charge on any atom is -0.492 e. The average molecular weight is 271 g/mol. The first-order valence-electron chi connectivity index (χ1n) is 7.28. The number of hydrogen-bond donors (Lipinski definition) is 2. The monoisotopic (exact) mass is 271 g/mol. The molecule has 0 spiro atoms. The van der Waals surface area contributed by atoms with Gasteiger partial charge in [-0.1, -0.05) is 30.3 Å². The second-order valence-corrected chi connectivity index (χ2v) is 5.52. The van der Waals surface area contributed by atoms with E-state index in [1.54, 1.807) is 0 Å². The van der Waals surface area contributed by atoms with Gasteiger partial charge in [-0.25, -0.2) is 0 Å². The van der Waals surface area contributed by atoms with Crippen LogP contribution in [0, 0.1) is 0 Å². The lowest BCUT2D eigenvalue weighted by molar-refractivity contribution is 0.274. The molecule has 4 nitrogen and oxygen atoms in total. The van der Waals surface area contributed by atoms with Crippen LogP contribution < -0.4 is 5.32 Å². The van der Waals surface area contributed by atoms with E-state index in [1.807, 2.05) is 48.3 Å². The fourth-order valence-corrected chi connectivity index (χ4v) is 3.06. The lowest BCUT2D eigenvalue weighted by atomic mass is 9.91. The largest absolute Gasteiger partial charge is 0.492 e. The summed E-state index contributed by atoms with van der Waals surface area (Å²) in [5, 5.41) is 17.8. The molecule has 1 fully saturated rings. The zero-order valence-corrected chi connectivity index (χ0v) is 11.8. The average Bonchev–Trinajstić information content (AvgIpc) is 2.90. The molecule has 3 rings (SSSR count). The van der Waals surface area contributed by atoms with Crippen molar-refractivity contribution in [3.05, 3.63) is 36.5 Å². The first-order chi connectivity index (χ1) is 9.78. The third kappa shape index (κ3) is 2.56. The van der Waals surface area contributed by atoms with Crippen molar-refractivity contribution in [1.82, 2.24) is 15.1 Å².